The van der Waals surface area contributed by atoms with Crippen LogP contribution in [0.1, 0.15) is 10.4 Å². The summed E-state index contributed by atoms with van der Waals surface area (Å²) < 4.78 is 5.62. The van der Waals surface area contributed by atoms with Crippen molar-refractivity contribution >= 4 is 11.3 Å². The highest BCUT2D eigenvalue weighted by Crippen LogP contribution is 2.12. The number of aliphatic hydroxyl groups is 1. The molecule has 2 atom stereocenters. The van der Waals surface area contributed by atoms with Crippen LogP contribution in [-0.4, -0.2) is 31.4 Å². The molecule has 0 bridgehead atoms. The zero-order valence-corrected chi connectivity index (χ0v) is 12.8. The van der Waals surface area contributed by atoms with E-state index in [9.17, 15) is 5.11 Å². The second kappa shape index (κ2) is 7.43. The molecule has 1 aromatic carbocycles. The summed E-state index contributed by atoms with van der Waals surface area (Å²) in [5.74, 6) is 0.819. The highest BCUT2D eigenvalue weighted by atomic mass is 32.1. The van der Waals surface area contributed by atoms with Crippen LogP contribution in [0.2, 0.25) is 0 Å². The molecule has 0 fully saturated rings. The first-order valence-electron chi connectivity index (χ1n) is 6.84. The van der Waals surface area contributed by atoms with Crippen molar-refractivity contribution in [2.24, 2.45) is 0 Å². The summed E-state index contributed by atoms with van der Waals surface area (Å²) in [7, 11) is 2.09. The molecule has 0 saturated carbocycles. The average molecular weight is 292 g/mol. The Kier molecular flexibility index (Phi) is 5.59. The number of hydrogen-bond acceptors (Lipinski definition) is 3. The van der Waals surface area contributed by atoms with Gasteiger partial charge in [-0.05, 0) is 36.1 Å². The van der Waals surface area contributed by atoms with Crippen molar-refractivity contribution in [3.8, 4) is 5.75 Å². The van der Waals surface area contributed by atoms with Crippen molar-refractivity contribution in [2.75, 3.05) is 20.2 Å². The number of nitrogens with one attached hydrogen (secondary N) is 1. The largest absolute Gasteiger partial charge is 0.491 e. The molecular formula is C16H22NO2S+. The average Bonchev–Trinajstić information content (AvgIpc) is 2.89. The normalized spacial score (nSPS) is 13.9. The monoisotopic (exact) mass is 292 g/mol. The van der Waals surface area contributed by atoms with Crippen LogP contribution in [0.4, 0.5) is 0 Å². The SMILES string of the molecule is Cc1cccc(OC[C@H](O)C[NH+](C)Cc2cccs2)c1. The smallest absolute Gasteiger partial charge is 0.137 e. The second-order valence-electron chi connectivity index (χ2n) is 5.20. The lowest BCUT2D eigenvalue weighted by Crippen LogP contribution is -3.08. The highest BCUT2D eigenvalue weighted by molar-refractivity contribution is 7.09. The van der Waals surface area contributed by atoms with E-state index < -0.39 is 6.10 Å². The third-order valence-electron chi connectivity index (χ3n) is 3.07. The fourth-order valence-electron chi connectivity index (χ4n) is 2.14. The van der Waals surface area contributed by atoms with Crippen LogP contribution >= 0.6 is 11.3 Å². The number of aliphatic hydroxyl groups excluding tert-OH is 1. The lowest BCUT2D eigenvalue weighted by molar-refractivity contribution is -0.896. The van der Waals surface area contributed by atoms with Gasteiger partial charge in [-0.1, -0.05) is 18.2 Å². The number of rotatable bonds is 7. The van der Waals surface area contributed by atoms with Gasteiger partial charge in [0.1, 0.15) is 31.5 Å². The highest BCUT2D eigenvalue weighted by Gasteiger charge is 2.13. The Morgan fingerprint density at radius 3 is 2.85 bits per heavy atom. The lowest BCUT2D eigenvalue weighted by Gasteiger charge is -2.18. The molecule has 2 N–H and O–H groups in total. The van der Waals surface area contributed by atoms with Crippen molar-refractivity contribution in [2.45, 2.75) is 19.6 Å². The van der Waals surface area contributed by atoms with Gasteiger partial charge >= 0.3 is 0 Å². The van der Waals surface area contributed by atoms with E-state index in [1.807, 2.05) is 31.2 Å². The minimum Gasteiger partial charge on any atom is -0.491 e. The first kappa shape index (κ1) is 15.0. The molecule has 108 valence electrons. The van der Waals surface area contributed by atoms with E-state index in [1.54, 1.807) is 11.3 Å². The molecule has 0 aliphatic rings. The van der Waals surface area contributed by atoms with Gasteiger partial charge in [-0.25, -0.2) is 0 Å². The number of likely N-dealkylation sites (N-methyl/N-ethyl adjacent to an activating group) is 1. The summed E-state index contributed by atoms with van der Waals surface area (Å²) in [6.45, 7) is 4.00. The van der Waals surface area contributed by atoms with E-state index in [4.69, 9.17) is 4.74 Å². The third kappa shape index (κ3) is 4.96. The van der Waals surface area contributed by atoms with Gasteiger partial charge < -0.3 is 14.7 Å². The molecule has 3 nitrogen and oxygen atoms in total. The summed E-state index contributed by atoms with van der Waals surface area (Å²) >= 11 is 1.76. The van der Waals surface area contributed by atoms with E-state index in [0.29, 0.717) is 13.2 Å². The summed E-state index contributed by atoms with van der Waals surface area (Å²) in [5, 5.41) is 12.1. The van der Waals surface area contributed by atoms with Crippen LogP contribution in [0, 0.1) is 6.92 Å². The van der Waals surface area contributed by atoms with E-state index in [2.05, 4.69) is 24.6 Å². The molecule has 0 aliphatic carbocycles. The van der Waals surface area contributed by atoms with Gasteiger partial charge in [0.25, 0.3) is 0 Å². The topological polar surface area (TPSA) is 33.9 Å². The molecule has 0 aliphatic heterocycles. The lowest BCUT2D eigenvalue weighted by atomic mass is 10.2. The molecule has 2 rings (SSSR count). The first-order chi connectivity index (χ1) is 9.63. The number of benzene rings is 1. The van der Waals surface area contributed by atoms with Crippen LogP contribution in [0.15, 0.2) is 41.8 Å². The van der Waals surface area contributed by atoms with Gasteiger partial charge in [0.15, 0.2) is 0 Å². The molecule has 20 heavy (non-hydrogen) atoms. The molecular weight excluding hydrogens is 270 g/mol. The Bertz CT molecular complexity index is 513. The second-order valence-corrected chi connectivity index (χ2v) is 6.23. The zero-order valence-electron chi connectivity index (χ0n) is 12.0. The van der Waals surface area contributed by atoms with Crippen molar-refractivity contribution in [3.05, 3.63) is 52.2 Å². The molecule has 0 spiro atoms. The molecule has 2 aromatic rings. The van der Waals surface area contributed by atoms with Crippen LogP contribution in [-0.2, 0) is 6.54 Å². The number of thiophene rings is 1. The standard InChI is InChI=1S/C16H21NO2S/c1-13-5-3-6-15(9-13)19-12-14(18)10-17(2)11-16-7-4-8-20-16/h3-9,14,18H,10-12H2,1-2H3/p+1/t14-/m1/s1. The fraction of sp³-hybridized carbons (Fsp3) is 0.375. The Hall–Kier alpha value is -1.36. The van der Waals surface area contributed by atoms with Crippen molar-refractivity contribution < 1.29 is 14.7 Å². The Morgan fingerprint density at radius 1 is 1.30 bits per heavy atom. The van der Waals surface area contributed by atoms with Gasteiger partial charge in [-0.15, -0.1) is 11.3 Å². The quantitative estimate of drug-likeness (QED) is 0.811. The summed E-state index contributed by atoms with van der Waals surface area (Å²) in [6.07, 6.45) is -0.449. The van der Waals surface area contributed by atoms with Gasteiger partial charge in [0, 0.05) is 0 Å². The number of hydrogen-bond donors (Lipinski definition) is 2. The number of aryl methyl sites for hydroxylation is 1. The fourth-order valence-corrected chi connectivity index (χ4v) is 2.96. The minimum atomic E-state index is -0.449. The maximum absolute atomic E-state index is 10.0. The Morgan fingerprint density at radius 2 is 2.15 bits per heavy atom. The maximum Gasteiger partial charge on any atom is 0.137 e. The van der Waals surface area contributed by atoms with Crippen LogP contribution in [0.5, 0.6) is 5.75 Å². The van der Waals surface area contributed by atoms with Gasteiger partial charge in [-0.3, -0.25) is 0 Å². The Balaban J connectivity index is 1.73. The van der Waals surface area contributed by atoms with Crippen molar-refractivity contribution in [3.63, 3.8) is 0 Å². The van der Waals surface area contributed by atoms with Crippen LogP contribution < -0.4 is 9.64 Å². The van der Waals surface area contributed by atoms with Gasteiger partial charge in [0.2, 0.25) is 0 Å². The molecule has 1 heterocycles. The summed E-state index contributed by atoms with van der Waals surface area (Å²) in [5.41, 5.74) is 1.16. The van der Waals surface area contributed by atoms with Gasteiger partial charge in [0.05, 0.1) is 11.9 Å². The Labute approximate surface area is 124 Å². The number of quaternary nitrogens is 1. The molecule has 1 aromatic heterocycles. The van der Waals surface area contributed by atoms with Crippen molar-refractivity contribution in [1.29, 1.82) is 0 Å². The summed E-state index contributed by atoms with van der Waals surface area (Å²) in [4.78, 5) is 2.63. The van der Waals surface area contributed by atoms with E-state index in [0.717, 1.165) is 17.9 Å². The molecule has 0 amide bonds. The molecule has 0 saturated heterocycles. The molecule has 0 radical (unpaired) electrons. The zero-order chi connectivity index (χ0) is 14.4. The maximum atomic E-state index is 10.0. The van der Waals surface area contributed by atoms with Gasteiger partial charge in [-0.2, -0.15) is 0 Å². The molecule has 4 heteroatoms. The van der Waals surface area contributed by atoms with E-state index >= 15 is 0 Å². The van der Waals surface area contributed by atoms with Crippen LogP contribution in [0.3, 0.4) is 0 Å². The first-order valence-corrected chi connectivity index (χ1v) is 7.72. The molecule has 1 unspecified atom stereocenters. The summed E-state index contributed by atoms with van der Waals surface area (Å²) in [6, 6.07) is 12.1. The predicted octanol–water partition coefficient (Wildman–Crippen LogP) is 1.51. The van der Waals surface area contributed by atoms with E-state index in [1.165, 1.54) is 9.78 Å². The number of ether oxygens (including phenoxy) is 1. The third-order valence-corrected chi connectivity index (χ3v) is 3.95. The predicted molar refractivity (Wildman–Crippen MR) is 82.5 cm³/mol. The minimum absolute atomic E-state index is 0.339. The van der Waals surface area contributed by atoms with E-state index in [-0.39, 0.29) is 0 Å². The van der Waals surface area contributed by atoms with Crippen LogP contribution in [0.25, 0.3) is 0 Å². The van der Waals surface area contributed by atoms with Crippen molar-refractivity contribution in [1.82, 2.24) is 0 Å².